The van der Waals surface area contributed by atoms with Gasteiger partial charge in [-0.05, 0) is 36.5 Å². The summed E-state index contributed by atoms with van der Waals surface area (Å²) in [6, 6.07) is 3.74. The summed E-state index contributed by atoms with van der Waals surface area (Å²) in [6.07, 6.45) is 5.37. The average Bonchev–Trinajstić information content (AvgIpc) is 3.01. The second kappa shape index (κ2) is 9.34. The number of fused-ring (bicyclic) bond motifs is 1. The monoisotopic (exact) mass is 416 g/mol. The summed E-state index contributed by atoms with van der Waals surface area (Å²) in [7, 11) is 0. The number of thiophene rings is 1. The molecule has 0 aliphatic rings. The highest BCUT2D eigenvalue weighted by Gasteiger charge is 2.17. The Morgan fingerprint density at radius 1 is 1.43 bits per heavy atom. The van der Waals surface area contributed by atoms with E-state index >= 15 is 0 Å². The number of carbonyl (C=O) groups is 1. The van der Waals surface area contributed by atoms with Crippen molar-refractivity contribution >= 4 is 39.2 Å². The summed E-state index contributed by atoms with van der Waals surface area (Å²) in [4.78, 5) is 38.1. The summed E-state index contributed by atoms with van der Waals surface area (Å²) in [6.45, 7) is 6.82. The van der Waals surface area contributed by atoms with Gasteiger partial charge in [0.15, 0.2) is 5.16 Å². The lowest BCUT2D eigenvalue weighted by atomic mass is 9.98. The minimum atomic E-state index is -0.120. The van der Waals surface area contributed by atoms with Crippen molar-refractivity contribution in [1.82, 2.24) is 20.3 Å². The Labute approximate surface area is 172 Å². The van der Waals surface area contributed by atoms with Crippen molar-refractivity contribution in [3.8, 4) is 0 Å². The molecule has 0 radical (unpaired) electrons. The second-order valence-electron chi connectivity index (χ2n) is 6.83. The van der Waals surface area contributed by atoms with Crippen LogP contribution in [0.15, 0.2) is 34.5 Å². The lowest BCUT2D eigenvalue weighted by molar-refractivity contribution is -0.118. The minimum Gasteiger partial charge on any atom is -0.351 e. The van der Waals surface area contributed by atoms with Gasteiger partial charge in [-0.15, -0.1) is 11.3 Å². The lowest BCUT2D eigenvalue weighted by Crippen LogP contribution is -2.24. The number of pyridine rings is 1. The Balaban J connectivity index is 1.67. The number of hydrogen-bond acceptors (Lipinski definition) is 6. The van der Waals surface area contributed by atoms with Crippen molar-refractivity contribution in [3.05, 3.63) is 50.9 Å². The van der Waals surface area contributed by atoms with Crippen LogP contribution in [0.3, 0.4) is 0 Å². The smallest absolute Gasteiger partial charge is 0.260 e. The molecule has 6 nitrogen and oxygen atoms in total. The normalized spacial score (nSPS) is 12.2. The van der Waals surface area contributed by atoms with Gasteiger partial charge in [0.1, 0.15) is 4.83 Å². The fourth-order valence-corrected chi connectivity index (χ4v) is 4.65. The van der Waals surface area contributed by atoms with Gasteiger partial charge in [0.25, 0.3) is 5.56 Å². The lowest BCUT2D eigenvalue weighted by Gasteiger charge is -2.08. The molecule has 3 aromatic heterocycles. The molecule has 1 atom stereocenters. The Bertz CT molecular complexity index is 1010. The maximum absolute atomic E-state index is 12.6. The number of amides is 1. The molecule has 148 valence electrons. The van der Waals surface area contributed by atoms with Crippen LogP contribution in [0, 0.1) is 12.8 Å². The molecule has 3 rings (SSSR count). The Morgan fingerprint density at radius 2 is 2.25 bits per heavy atom. The quantitative estimate of drug-likeness (QED) is 0.432. The van der Waals surface area contributed by atoms with Crippen LogP contribution in [-0.4, -0.2) is 26.6 Å². The highest BCUT2D eigenvalue weighted by molar-refractivity contribution is 7.99. The summed E-state index contributed by atoms with van der Waals surface area (Å²) in [5.74, 6) is 0.601. The molecule has 0 saturated heterocycles. The number of aromatic amines is 1. The SMILES string of the molecule is CCC(C)Cc1c(C)sc2nc(SCC(=O)NCc3cccnc3)[nH]c(=O)c12. The van der Waals surface area contributed by atoms with Gasteiger partial charge < -0.3 is 10.3 Å². The fraction of sp³-hybridized carbons (Fsp3) is 0.400. The van der Waals surface area contributed by atoms with Gasteiger partial charge in [-0.25, -0.2) is 4.98 Å². The number of H-pyrrole nitrogens is 1. The fourth-order valence-electron chi connectivity index (χ4n) is 2.85. The van der Waals surface area contributed by atoms with Crippen LogP contribution in [-0.2, 0) is 17.8 Å². The first kappa shape index (κ1) is 20.5. The van der Waals surface area contributed by atoms with E-state index in [0.717, 1.165) is 33.7 Å². The van der Waals surface area contributed by atoms with Crippen molar-refractivity contribution in [2.75, 3.05) is 5.75 Å². The van der Waals surface area contributed by atoms with Crippen LogP contribution in [0.2, 0.25) is 0 Å². The third-order valence-electron chi connectivity index (χ3n) is 4.64. The third-order valence-corrected chi connectivity index (χ3v) is 6.56. The standard InChI is InChI=1S/C20H24N4O2S2/c1-4-12(2)8-15-13(3)28-19-17(15)18(26)23-20(24-19)27-11-16(25)22-10-14-6-5-7-21-9-14/h5-7,9,12H,4,8,10-11H2,1-3H3,(H,22,25)(H,23,24,26). The second-order valence-corrected chi connectivity index (χ2v) is 9.00. The van der Waals surface area contributed by atoms with E-state index in [2.05, 4.69) is 34.1 Å². The minimum absolute atomic E-state index is 0.114. The molecule has 28 heavy (non-hydrogen) atoms. The number of aromatic nitrogens is 3. The molecule has 1 unspecified atom stereocenters. The van der Waals surface area contributed by atoms with Gasteiger partial charge in [0.2, 0.25) is 5.91 Å². The van der Waals surface area contributed by atoms with Crippen molar-refractivity contribution in [2.45, 2.75) is 45.3 Å². The molecule has 1 amide bonds. The van der Waals surface area contributed by atoms with E-state index in [-0.39, 0.29) is 17.2 Å². The zero-order valence-electron chi connectivity index (χ0n) is 16.2. The number of carbonyl (C=O) groups excluding carboxylic acids is 1. The first-order valence-corrected chi connectivity index (χ1v) is 11.1. The van der Waals surface area contributed by atoms with E-state index in [0.29, 0.717) is 23.0 Å². The van der Waals surface area contributed by atoms with E-state index < -0.39 is 0 Å². The van der Waals surface area contributed by atoms with Crippen LogP contribution in [0.1, 0.15) is 36.3 Å². The Morgan fingerprint density at radius 3 is 2.96 bits per heavy atom. The van der Waals surface area contributed by atoms with Crippen LogP contribution >= 0.6 is 23.1 Å². The Kier molecular flexibility index (Phi) is 6.85. The van der Waals surface area contributed by atoms with Crippen LogP contribution in [0.4, 0.5) is 0 Å². The van der Waals surface area contributed by atoms with E-state index in [1.54, 1.807) is 23.7 Å². The maximum Gasteiger partial charge on any atom is 0.260 e. The van der Waals surface area contributed by atoms with Crippen LogP contribution < -0.4 is 10.9 Å². The van der Waals surface area contributed by atoms with Crippen molar-refractivity contribution in [3.63, 3.8) is 0 Å². The molecule has 0 bridgehead atoms. The van der Waals surface area contributed by atoms with Crippen molar-refractivity contribution < 1.29 is 4.79 Å². The molecule has 3 heterocycles. The third kappa shape index (κ3) is 4.99. The molecule has 0 aliphatic heterocycles. The summed E-state index contributed by atoms with van der Waals surface area (Å²) in [5, 5.41) is 4.02. The summed E-state index contributed by atoms with van der Waals surface area (Å²) < 4.78 is 0. The number of thioether (sulfide) groups is 1. The number of nitrogens with zero attached hydrogens (tertiary/aromatic N) is 2. The van der Waals surface area contributed by atoms with Gasteiger partial charge in [0, 0.05) is 23.8 Å². The molecular formula is C20H24N4O2S2. The molecule has 8 heteroatoms. The first-order valence-electron chi connectivity index (χ1n) is 9.28. The maximum atomic E-state index is 12.6. The molecule has 0 aliphatic carbocycles. The molecule has 0 aromatic carbocycles. The number of aryl methyl sites for hydroxylation is 1. The van der Waals surface area contributed by atoms with E-state index in [1.807, 2.05) is 19.1 Å². The molecular weight excluding hydrogens is 392 g/mol. The molecule has 0 fully saturated rings. The van der Waals surface area contributed by atoms with Crippen molar-refractivity contribution in [2.24, 2.45) is 5.92 Å². The van der Waals surface area contributed by atoms with Gasteiger partial charge >= 0.3 is 0 Å². The highest BCUT2D eigenvalue weighted by Crippen LogP contribution is 2.30. The van der Waals surface area contributed by atoms with Crippen LogP contribution in [0.25, 0.3) is 10.2 Å². The highest BCUT2D eigenvalue weighted by atomic mass is 32.2. The zero-order valence-corrected chi connectivity index (χ0v) is 17.9. The topological polar surface area (TPSA) is 87.7 Å². The molecule has 0 spiro atoms. The predicted molar refractivity (Wildman–Crippen MR) is 115 cm³/mol. The first-order chi connectivity index (χ1) is 13.5. The predicted octanol–water partition coefficient (Wildman–Crippen LogP) is 3.69. The Hall–Kier alpha value is -2.19. The van der Waals surface area contributed by atoms with Crippen molar-refractivity contribution in [1.29, 1.82) is 0 Å². The summed E-state index contributed by atoms with van der Waals surface area (Å²) in [5.41, 5.74) is 1.93. The molecule has 2 N–H and O–H groups in total. The number of nitrogens with one attached hydrogen (secondary N) is 2. The van der Waals surface area contributed by atoms with E-state index in [9.17, 15) is 9.59 Å². The number of hydrogen-bond donors (Lipinski definition) is 2. The van der Waals surface area contributed by atoms with Gasteiger partial charge in [-0.2, -0.15) is 0 Å². The van der Waals surface area contributed by atoms with Gasteiger partial charge in [-0.1, -0.05) is 38.1 Å². The van der Waals surface area contributed by atoms with Crippen LogP contribution in [0.5, 0.6) is 0 Å². The molecule has 3 aromatic rings. The van der Waals surface area contributed by atoms with E-state index in [1.165, 1.54) is 11.8 Å². The summed E-state index contributed by atoms with van der Waals surface area (Å²) >= 11 is 2.79. The van der Waals surface area contributed by atoms with Gasteiger partial charge in [0.05, 0.1) is 11.1 Å². The average molecular weight is 417 g/mol. The number of rotatable bonds is 8. The van der Waals surface area contributed by atoms with Gasteiger partial charge in [-0.3, -0.25) is 14.6 Å². The largest absolute Gasteiger partial charge is 0.351 e. The zero-order chi connectivity index (χ0) is 20.1. The molecule has 0 saturated carbocycles. The van der Waals surface area contributed by atoms with E-state index in [4.69, 9.17) is 0 Å².